The van der Waals surface area contributed by atoms with Crippen molar-refractivity contribution < 1.29 is 24.0 Å². The topological polar surface area (TPSA) is 128 Å². The predicted octanol–water partition coefficient (Wildman–Crippen LogP) is 3.15. The average Bonchev–Trinajstić information content (AvgIpc) is 3.69. The van der Waals surface area contributed by atoms with Gasteiger partial charge < -0.3 is 20.5 Å². The molecule has 40 heavy (non-hydrogen) atoms. The maximum absolute atomic E-state index is 13.6. The molecule has 0 unspecified atom stereocenters. The molecule has 3 N–H and O–H groups in total. The Hall–Kier alpha value is -4.27. The summed E-state index contributed by atoms with van der Waals surface area (Å²) in [5, 5.41) is 6.29. The second-order valence-corrected chi connectivity index (χ2v) is 11.0. The smallest absolute Gasteiger partial charge is 0.289 e. The Labute approximate surface area is 232 Å². The molecule has 0 spiro atoms. The Balaban J connectivity index is 1.31. The van der Waals surface area contributed by atoms with Crippen molar-refractivity contribution in [1.29, 1.82) is 0 Å². The van der Waals surface area contributed by atoms with E-state index in [4.69, 9.17) is 0 Å². The molecule has 9 nitrogen and oxygen atoms in total. The Morgan fingerprint density at radius 1 is 1.05 bits per heavy atom. The number of ketones is 2. The van der Waals surface area contributed by atoms with Crippen molar-refractivity contribution in [3.63, 3.8) is 0 Å². The van der Waals surface area contributed by atoms with Crippen molar-refractivity contribution in [3.8, 4) is 0 Å². The lowest BCUT2D eigenvalue weighted by Gasteiger charge is -2.26. The van der Waals surface area contributed by atoms with E-state index in [-0.39, 0.29) is 36.5 Å². The van der Waals surface area contributed by atoms with E-state index in [0.717, 1.165) is 22.9 Å². The quantitative estimate of drug-likeness (QED) is 0.358. The fraction of sp³-hybridized carbons (Fsp3) is 0.387. The molecule has 1 aromatic heterocycles. The van der Waals surface area contributed by atoms with Gasteiger partial charge in [0.05, 0.1) is 6.04 Å². The van der Waals surface area contributed by atoms with Crippen molar-refractivity contribution in [2.75, 3.05) is 6.54 Å². The van der Waals surface area contributed by atoms with Crippen LogP contribution in [-0.4, -0.2) is 57.8 Å². The predicted molar refractivity (Wildman–Crippen MR) is 149 cm³/mol. The number of H-pyrrole nitrogens is 1. The summed E-state index contributed by atoms with van der Waals surface area (Å²) < 4.78 is 0. The van der Waals surface area contributed by atoms with Crippen molar-refractivity contribution in [1.82, 2.24) is 20.5 Å². The number of aromatic nitrogens is 1. The number of carbonyl (C=O) groups excluding carboxylic acids is 5. The number of hydrogen-bond acceptors (Lipinski definition) is 5. The second kappa shape index (κ2) is 11.9. The number of nitrogens with zero attached hydrogens (tertiary/aromatic N) is 1. The molecule has 2 aromatic carbocycles. The van der Waals surface area contributed by atoms with Crippen LogP contribution in [0.2, 0.25) is 0 Å². The zero-order chi connectivity index (χ0) is 28.2. The van der Waals surface area contributed by atoms with E-state index in [2.05, 4.69) is 15.6 Å². The molecule has 2 heterocycles. The Bertz CT molecular complexity index is 1400. The van der Waals surface area contributed by atoms with Gasteiger partial charge in [0.1, 0.15) is 17.5 Å². The highest BCUT2D eigenvalue weighted by atomic mass is 16.2. The lowest BCUT2D eigenvalue weighted by molar-refractivity contribution is -0.141. The largest absolute Gasteiger partial charge is 0.351 e. The zero-order valence-corrected chi connectivity index (χ0v) is 22.5. The van der Waals surface area contributed by atoms with Gasteiger partial charge in [-0.25, -0.2) is 0 Å². The summed E-state index contributed by atoms with van der Waals surface area (Å²) in [4.78, 5) is 70.3. The fourth-order valence-electron chi connectivity index (χ4n) is 5.81. The SMILES string of the molecule is C[C@@H]1C[C@@H](C(=O)N[C@@H](C[C@@H]2CCCC2=O)C(=O)C(=O)NCc2ccccc2)N(C(=O)c2cc3ccccc3[nH]2)C1. The van der Waals surface area contributed by atoms with Crippen LogP contribution in [0.25, 0.3) is 10.9 Å². The molecule has 1 saturated heterocycles. The number of rotatable bonds is 9. The monoisotopic (exact) mass is 542 g/mol. The standard InChI is InChI=1S/C31H34N4O5/c1-19-14-26(35(18-19)31(40)25-15-21-10-5-6-12-23(21)33-25)29(38)34-24(16-22-11-7-13-27(22)36)28(37)30(39)32-17-20-8-3-2-4-9-20/h2-6,8-10,12,15,19,22,24,26,33H,7,11,13-14,16-18H2,1H3,(H,32,39)(H,34,38)/t19-,22+,24+,26+/m1/s1. The Kier molecular flexibility index (Phi) is 8.09. The van der Waals surface area contributed by atoms with Gasteiger partial charge in [-0.3, -0.25) is 24.0 Å². The molecule has 2 fully saturated rings. The molecule has 1 saturated carbocycles. The third kappa shape index (κ3) is 5.98. The number of amides is 3. The molecule has 0 bridgehead atoms. The van der Waals surface area contributed by atoms with E-state index in [0.29, 0.717) is 31.5 Å². The van der Waals surface area contributed by atoms with Gasteiger partial charge in [-0.15, -0.1) is 0 Å². The first-order chi connectivity index (χ1) is 19.3. The molecular formula is C31H34N4O5. The number of para-hydroxylation sites is 1. The van der Waals surface area contributed by atoms with Crippen molar-refractivity contribution in [2.45, 2.75) is 57.7 Å². The number of aromatic amines is 1. The average molecular weight is 543 g/mol. The first-order valence-corrected chi connectivity index (χ1v) is 13.9. The maximum atomic E-state index is 13.6. The van der Waals surface area contributed by atoms with Gasteiger partial charge in [-0.1, -0.05) is 55.5 Å². The highest BCUT2D eigenvalue weighted by molar-refractivity contribution is 6.38. The number of Topliss-reactive ketones (excluding diaryl/α,β-unsaturated/α-hetero) is 2. The van der Waals surface area contributed by atoms with Gasteiger partial charge in [0.25, 0.3) is 11.8 Å². The molecule has 3 aromatic rings. The molecule has 0 radical (unpaired) electrons. The summed E-state index contributed by atoms with van der Waals surface area (Å²) in [7, 11) is 0. The molecule has 4 atom stereocenters. The lowest BCUT2D eigenvalue weighted by atomic mass is 9.94. The molecule has 1 aliphatic carbocycles. The van der Waals surface area contributed by atoms with E-state index < -0.39 is 29.7 Å². The molecule has 3 amide bonds. The highest BCUT2D eigenvalue weighted by Gasteiger charge is 2.41. The van der Waals surface area contributed by atoms with Crippen LogP contribution in [0.5, 0.6) is 0 Å². The van der Waals surface area contributed by atoms with Crippen molar-refractivity contribution in [3.05, 3.63) is 71.9 Å². The Morgan fingerprint density at radius 2 is 1.80 bits per heavy atom. The number of carbonyl (C=O) groups is 5. The summed E-state index contributed by atoms with van der Waals surface area (Å²) in [5.41, 5.74) is 2.05. The van der Waals surface area contributed by atoms with E-state index in [1.165, 1.54) is 4.90 Å². The molecule has 2 aliphatic rings. The lowest BCUT2D eigenvalue weighted by Crippen LogP contribution is -2.54. The maximum Gasteiger partial charge on any atom is 0.289 e. The summed E-state index contributed by atoms with van der Waals surface area (Å²) in [6.45, 7) is 2.53. The van der Waals surface area contributed by atoms with E-state index in [9.17, 15) is 24.0 Å². The summed E-state index contributed by atoms with van der Waals surface area (Å²) in [6.07, 6.45) is 2.29. The van der Waals surface area contributed by atoms with Gasteiger partial charge in [0.15, 0.2) is 0 Å². The summed E-state index contributed by atoms with van der Waals surface area (Å²) in [6, 6.07) is 16.6. The zero-order valence-electron chi connectivity index (χ0n) is 22.5. The van der Waals surface area contributed by atoms with E-state index in [1.807, 2.05) is 61.5 Å². The van der Waals surface area contributed by atoms with Gasteiger partial charge >= 0.3 is 0 Å². The van der Waals surface area contributed by atoms with Crippen LogP contribution >= 0.6 is 0 Å². The molecule has 5 rings (SSSR count). The van der Waals surface area contributed by atoms with Gasteiger partial charge in [-0.2, -0.15) is 0 Å². The highest BCUT2D eigenvalue weighted by Crippen LogP contribution is 2.28. The van der Waals surface area contributed by atoms with E-state index >= 15 is 0 Å². The van der Waals surface area contributed by atoms with Gasteiger partial charge in [0, 0.05) is 36.3 Å². The van der Waals surface area contributed by atoms with Crippen LogP contribution in [0.1, 0.15) is 55.1 Å². The minimum atomic E-state index is -1.16. The first-order valence-electron chi connectivity index (χ1n) is 13.9. The van der Waals surface area contributed by atoms with Crippen LogP contribution < -0.4 is 10.6 Å². The van der Waals surface area contributed by atoms with Crippen molar-refractivity contribution in [2.24, 2.45) is 11.8 Å². The third-order valence-corrected chi connectivity index (χ3v) is 7.94. The van der Waals surface area contributed by atoms with Gasteiger partial charge in [0.2, 0.25) is 11.7 Å². The number of hydrogen-bond donors (Lipinski definition) is 3. The molecule has 9 heteroatoms. The fourth-order valence-corrected chi connectivity index (χ4v) is 5.81. The summed E-state index contributed by atoms with van der Waals surface area (Å²) in [5.74, 6) is -2.66. The second-order valence-electron chi connectivity index (χ2n) is 11.0. The number of likely N-dealkylation sites (tertiary alicyclic amines) is 1. The third-order valence-electron chi connectivity index (χ3n) is 7.94. The first kappa shape index (κ1) is 27.3. The van der Waals surface area contributed by atoms with Crippen LogP contribution in [0.3, 0.4) is 0 Å². The van der Waals surface area contributed by atoms with Gasteiger partial charge in [-0.05, 0) is 49.3 Å². The summed E-state index contributed by atoms with van der Waals surface area (Å²) >= 11 is 0. The van der Waals surface area contributed by atoms with Crippen LogP contribution in [0.15, 0.2) is 60.7 Å². The number of benzene rings is 2. The minimum absolute atomic E-state index is 0.0434. The molecule has 1 aliphatic heterocycles. The number of fused-ring (bicyclic) bond motifs is 1. The minimum Gasteiger partial charge on any atom is -0.351 e. The normalized spacial score (nSPS) is 21.4. The molecule has 208 valence electrons. The van der Waals surface area contributed by atoms with Crippen LogP contribution in [0, 0.1) is 11.8 Å². The Morgan fingerprint density at radius 3 is 2.52 bits per heavy atom. The number of nitrogens with one attached hydrogen (secondary N) is 3. The van der Waals surface area contributed by atoms with E-state index in [1.54, 1.807) is 6.07 Å². The van der Waals surface area contributed by atoms with Crippen LogP contribution in [-0.2, 0) is 25.7 Å². The molecular weight excluding hydrogens is 508 g/mol. The van der Waals surface area contributed by atoms with Crippen LogP contribution in [0.4, 0.5) is 0 Å². The van der Waals surface area contributed by atoms with Crippen molar-refractivity contribution >= 4 is 40.2 Å².